The molecule has 0 aliphatic rings. The van der Waals surface area contributed by atoms with Gasteiger partial charge in [0.1, 0.15) is 33.8 Å². The van der Waals surface area contributed by atoms with Gasteiger partial charge in [-0.1, -0.05) is 17.9 Å². The lowest BCUT2D eigenvalue weighted by molar-refractivity contribution is -0.189. The van der Waals surface area contributed by atoms with Crippen molar-refractivity contribution in [1.29, 1.82) is 0 Å². The van der Waals surface area contributed by atoms with Crippen molar-refractivity contribution in [3.63, 3.8) is 0 Å². The van der Waals surface area contributed by atoms with E-state index in [-0.39, 0.29) is 21.7 Å². The molecule has 0 radical (unpaired) electrons. The molecule has 0 saturated heterocycles. The van der Waals surface area contributed by atoms with Crippen molar-refractivity contribution in [2.24, 2.45) is 0 Å². The Kier molecular flexibility index (Phi) is 6.98. The van der Waals surface area contributed by atoms with Gasteiger partial charge in [-0.3, -0.25) is 0 Å². The van der Waals surface area contributed by atoms with Crippen molar-refractivity contribution in [3.8, 4) is 28.2 Å². The van der Waals surface area contributed by atoms with Gasteiger partial charge in [-0.2, -0.15) is 8.78 Å². The second kappa shape index (κ2) is 10.3. The van der Waals surface area contributed by atoms with Gasteiger partial charge in [0.2, 0.25) is 0 Å². The van der Waals surface area contributed by atoms with Crippen molar-refractivity contribution in [2.45, 2.75) is 13.0 Å². The smallest absolute Gasteiger partial charge is 0.429 e. The van der Waals surface area contributed by atoms with Gasteiger partial charge in [0.15, 0.2) is 17.5 Å². The Balaban J connectivity index is 1.39. The second-order valence-electron chi connectivity index (χ2n) is 8.57. The van der Waals surface area contributed by atoms with E-state index in [9.17, 15) is 35.1 Å². The SMILES string of the molecule is Cc1ccc2nc(-c3cc(F)c(C(F)(F)Oc4ccc(C#Cc5cc(F)c(F)c(F)c5)c(F)c4)c(F)c3)sc2c1. The van der Waals surface area contributed by atoms with Crippen molar-refractivity contribution in [3.05, 3.63) is 118 Å². The summed E-state index contributed by atoms with van der Waals surface area (Å²) in [6, 6.07) is 10.2. The third kappa shape index (κ3) is 5.35. The Morgan fingerprint density at radius 1 is 0.750 bits per heavy atom. The number of aromatic nitrogens is 1. The Bertz CT molecular complexity index is 1810. The fourth-order valence-electron chi connectivity index (χ4n) is 3.76. The van der Waals surface area contributed by atoms with Gasteiger partial charge in [-0.25, -0.2) is 31.3 Å². The zero-order chi connectivity index (χ0) is 28.8. The lowest BCUT2D eigenvalue weighted by Gasteiger charge is -2.20. The van der Waals surface area contributed by atoms with Crippen molar-refractivity contribution in [2.75, 3.05) is 0 Å². The molecule has 40 heavy (non-hydrogen) atoms. The zero-order valence-electron chi connectivity index (χ0n) is 20.1. The van der Waals surface area contributed by atoms with Crippen LogP contribution in [-0.2, 0) is 6.11 Å². The summed E-state index contributed by atoms with van der Waals surface area (Å²) in [5.41, 5.74) is -0.897. The van der Waals surface area contributed by atoms with E-state index in [1.165, 1.54) is 0 Å². The summed E-state index contributed by atoms with van der Waals surface area (Å²) in [6.45, 7) is 1.86. The molecule has 0 aliphatic heterocycles. The predicted molar refractivity (Wildman–Crippen MR) is 133 cm³/mol. The summed E-state index contributed by atoms with van der Waals surface area (Å²) in [7, 11) is 0. The number of thiazole rings is 1. The molecule has 0 N–H and O–H groups in total. The predicted octanol–water partition coefficient (Wildman–Crippen LogP) is 8.63. The van der Waals surface area contributed by atoms with E-state index in [1.807, 2.05) is 19.1 Å². The van der Waals surface area contributed by atoms with Crippen LogP contribution in [0.25, 0.3) is 20.8 Å². The molecule has 0 fully saturated rings. The lowest BCUT2D eigenvalue weighted by atomic mass is 10.1. The minimum atomic E-state index is -4.54. The molecule has 0 atom stereocenters. The highest BCUT2D eigenvalue weighted by molar-refractivity contribution is 7.21. The second-order valence-corrected chi connectivity index (χ2v) is 9.60. The van der Waals surface area contributed by atoms with Gasteiger partial charge >= 0.3 is 6.11 Å². The number of nitrogens with zero attached hydrogens (tertiary/aromatic N) is 1. The van der Waals surface area contributed by atoms with Crippen LogP contribution in [0, 0.1) is 53.7 Å². The average molecular weight is 575 g/mol. The molecular weight excluding hydrogens is 562 g/mol. The summed E-state index contributed by atoms with van der Waals surface area (Å²) >= 11 is 1.14. The third-order valence-corrected chi connectivity index (χ3v) is 6.70. The highest BCUT2D eigenvalue weighted by Gasteiger charge is 2.41. The van der Waals surface area contributed by atoms with E-state index in [0.717, 1.165) is 33.7 Å². The molecule has 1 aromatic heterocycles. The Hall–Kier alpha value is -4.43. The molecule has 5 aromatic rings. The van der Waals surface area contributed by atoms with E-state index >= 15 is 0 Å². The van der Waals surface area contributed by atoms with Crippen LogP contribution in [0.4, 0.5) is 35.1 Å². The number of rotatable bonds is 4. The molecule has 5 rings (SSSR count). The third-order valence-electron chi connectivity index (χ3n) is 5.64. The van der Waals surface area contributed by atoms with Crippen LogP contribution >= 0.6 is 11.3 Å². The maximum Gasteiger partial charge on any atom is 0.432 e. The normalized spacial score (nSPS) is 11.4. The first-order chi connectivity index (χ1) is 18.9. The van der Waals surface area contributed by atoms with Crippen molar-refractivity contribution >= 4 is 21.6 Å². The van der Waals surface area contributed by atoms with Gasteiger partial charge < -0.3 is 4.74 Å². The molecule has 0 spiro atoms. The van der Waals surface area contributed by atoms with E-state index in [4.69, 9.17) is 0 Å². The molecule has 0 aliphatic carbocycles. The number of halogens is 8. The van der Waals surface area contributed by atoms with Crippen LogP contribution in [0.1, 0.15) is 22.3 Å². The Morgan fingerprint density at radius 3 is 2.08 bits per heavy atom. The number of aryl methyl sites for hydroxylation is 1. The average Bonchev–Trinajstić information content (AvgIpc) is 3.29. The molecule has 202 valence electrons. The molecular formula is C29H13F8NOS. The number of benzene rings is 4. The van der Waals surface area contributed by atoms with Crippen molar-refractivity contribution < 1.29 is 39.9 Å². The maximum absolute atomic E-state index is 14.9. The number of hydrogen-bond donors (Lipinski definition) is 0. The van der Waals surface area contributed by atoms with Crippen LogP contribution in [0.2, 0.25) is 0 Å². The summed E-state index contributed by atoms with van der Waals surface area (Å²) in [4.78, 5) is 4.29. The monoisotopic (exact) mass is 575 g/mol. The highest BCUT2D eigenvalue weighted by Crippen LogP contribution is 2.38. The number of alkyl halides is 2. The van der Waals surface area contributed by atoms with E-state index in [1.54, 1.807) is 6.07 Å². The van der Waals surface area contributed by atoms with Crippen LogP contribution in [0.3, 0.4) is 0 Å². The fraction of sp³-hybridized carbons (Fsp3) is 0.0690. The summed E-state index contributed by atoms with van der Waals surface area (Å²) in [5.74, 6) is -5.41. The van der Waals surface area contributed by atoms with Crippen LogP contribution in [-0.4, -0.2) is 4.98 Å². The minimum Gasteiger partial charge on any atom is -0.429 e. The van der Waals surface area contributed by atoms with Gasteiger partial charge in [0.25, 0.3) is 0 Å². The van der Waals surface area contributed by atoms with Crippen LogP contribution in [0.5, 0.6) is 5.75 Å². The first kappa shape index (κ1) is 27.1. The van der Waals surface area contributed by atoms with Gasteiger partial charge in [0.05, 0.1) is 15.8 Å². The van der Waals surface area contributed by atoms with Gasteiger partial charge in [-0.05, 0) is 61.0 Å². The highest BCUT2D eigenvalue weighted by atomic mass is 32.1. The van der Waals surface area contributed by atoms with E-state index in [2.05, 4.69) is 21.6 Å². The largest absolute Gasteiger partial charge is 0.432 e. The summed E-state index contributed by atoms with van der Waals surface area (Å²) in [6.07, 6.45) is -4.54. The fourth-order valence-corrected chi connectivity index (χ4v) is 4.81. The maximum atomic E-state index is 14.9. The van der Waals surface area contributed by atoms with E-state index < -0.39 is 52.3 Å². The summed E-state index contributed by atoms with van der Waals surface area (Å²) < 4.78 is 119. The number of ether oxygens (including phenoxy) is 1. The molecule has 0 unspecified atom stereocenters. The molecule has 2 nitrogen and oxygen atoms in total. The number of hydrogen-bond acceptors (Lipinski definition) is 3. The topological polar surface area (TPSA) is 22.1 Å². The van der Waals surface area contributed by atoms with Crippen molar-refractivity contribution in [1.82, 2.24) is 4.98 Å². The standard InChI is InChI=1S/C29H13F8NOS/c1-14-2-7-24-25(8-14)40-28(38-24)17-11-20(31)26(21(32)12-17)29(36,37)39-18-6-5-16(19(30)13-18)4-3-15-9-22(33)27(35)23(34)10-15/h2,5-13H,1H3. The Labute approximate surface area is 225 Å². The molecule has 0 bridgehead atoms. The minimum absolute atomic E-state index is 0.0525. The molecule has 4 aromatic carbocycles. The van der Waals surface area contributed by atoms with E-state index in [0.29, 0.717) is 35.8 Å². The van der Waals surface area contributed by atoms with Gasteiger partial charge in [0, 0.05) is 17.2 Å². The summed E-state index contributed by atoms with van der Waals surface area (Å²) in [5, 5.41) is 0.221. The molecule has 0 amide bonds. The first-order valence-electron chi connectivity index (χ1n) is 11.3. The van der Waals surface area contributed by atoms with Crippen LogP contribution < -0.4 is 4.74 Å². The molecule has 0 saturated carbocycles. The zero-order valence-corrected chi connectivity index (χ0v) is 20.9. The molecule has 11 heteroatoms. The molecule has 1 heterocycles. The number of fused-ring (bicyclic) bond motifs is 1. The Morgan fingerprint density at radius 2 is 1.43 bits per heavy atom. The first-order valence-corrected chi connectivity index (χ1v) is 12.1. The van der Waals surface area contributed by atoms with Crippen LogP contribution in [0.15, 0.2) is 60.7 Å². The quantitative estimate of drug-likeness (QED) is 0.122. The lowest BCUT2D eigenvalue weighted by Crippen LogP contribution is -2.25. The van der Waals surface area contributed by atoms with Gasteiger partial charge in [-0.15, -0.1) is 11.3 Å².